The van der Waals surface area contributed by atoms with Crippen LogP contribution in [0.5, 0.6) is 0 Å². The summed E-state index contributed by atoms with van der Waals surface area (Å²) in [5.41, 5.74) is 0.838. The van der Waals surface area contributed by atoms with Gasteiger partial charge in [0.25, 0.3) is 0 Å². The SMILES string of the molecule is COC1(OC)CC/C(=N\O)C(C)C1. The smallest absolute Gasteiger partial charge is 0.168 e. The first-order valence-corrected chi connectivity index (χ1v) is 4.48. The maximum Gasteiger partial charge on any atom is 0.168 e. The van der Waals surface area contributed by atoms with E-state index in [2.05, 4.69) is 5.16 Å². The van der Waals surface area contributed by atoms with E-state index in [-0.39, 0.29) is 5.92 Å². The molecule has 1 unspecified atom stereocenters. The number of hydrogen-bond acceptors (Lipinski definition) is 4. The number of methoxy groups -OCH3 is 2. The van der Waals surface area contributed by atoms with Gasteiger partial charge in [-0.25, -0.2) is 0 Å². The minimum absolute atomic E-state index is 0.221. The summed E-state index contributed by atoms with van der Waals surface area (Å²) in [5, 5.41) is 12.0. The molecular formula is C9H17NO3. The van der Waals surface area contributed by atoms with Gasteiger partial charge >= 0.3 is 0 Å². The van der Waals surface area contributed by atoms with Crippen LogP contribution in [0, 0.1) is 5.92 Å². The molecule has 4 nitrogen and oxygen atoms in total. The summed E-state index contributed by atoms with van der Waals surface area (Å²) in [6.45, 7) is 2.01. The van der Waals surface area contributed by atoms with Crippen molar-refractivity contribution in [3.63, 3.8) is 0 Å². The summed E-state index contributed by atoms with van der Waals surface area (Å²) in [6.07, 6.45) is 2.24. The molecule has 0 saturated heterocycles. The third kappa shape index (κ3) is 2.00. The van der Waals surface area contributed by atoms with Crippen LogP contribution in [-0.2, 0) is 9.47 Å². The van der Waals surface area contributed by atoms with Crippen molar-refractivity contribution in [2.24, 2.45) is 11.1 Å². The zero-order valence-electron chi connectivity index (χ0n) is 8.41. The number of hydrogen-bond donors (Lipinski definition) is 1. The molecule has 76 valence electrons. The first-order valence-electron chi connectivity index (χ1n) is 4.48. The molecule has 0 aromatic rings. The highest BCUT2D eigenvalue weighted by Gasteiger charge is 2.37. The van der Waals surface area contributed by atoms with E-state index in [0.717, 1.165) is 25.0 Å². The molecule has 1 rings (SSSR count). The Labute approximate surface area is 78.5 Å². The summed E-state index contributed by atoms with van der Waals surface area (Å²) in [5.74, 6) is -0.258. The maximum absolute atomic E-state index is 8.68. The van der Waals surface area contributed by atoms with Crippen LogP contribution in [-0.4, -0.2) is 30.9 Å². The molecule has 0 aromatic carbocycles. The Morgan fingerprint density at radius 1 is 1.46 bits per heavy atom. The van der Waals surface area contributed by atoms with Crippen LogP contribution in [0.1, 0.15) is 26.2 Å². The fraction of sp³-hybridized carbons (Fsp3) is 0.889. The Balaban J connectivity index is 2.68. The second kappa shape index (κ2) is 4.07. The molecule has 0 heterocycles. The molecule has 13 heavy (non-hydrogen) atoms. The topological polar surface area (TPSA) is 51.0 Å². The van der Waals surface area contributed by atoms with Crippen molar-refractivity contribution in [3.8, 4) is 0 Å². The first kappa shape index (κ1) is 10.5. The lowest BCUT2D eigenvalue weighted by Gasteiger charge is -2.37. The molecule has 0 aliphatic heterocycles. The van der Waals surface area contributed by atoms with E-state index in [1.807, 2.05) is 6.92 Å². The molecule has 0 radical (unpaired) electrons. The van der Waals surface area contributed by atoms with Crippen molar-refractivity contribution < 1.29 is 14.7 Å². The number of oxime groups is 1. The molecule has 0 aromatic heterocycles. The monoisotopic (exact) mass is 187 g/mol. The summed E-state index contributed by atoms with van der Waals surface area (Å²) in [7, 11) is 3.30. The number of ether oxygens (including phenoxy) is 2. The van der Waals surface area contributed by atoms with Gasteiger partial charge in [-0.15, -0.1) is 0 Å². The van der Waals surface area contributed by atoms with Gasteiger partial charge in [0.2, 0.25) is 0 Å². The Bertz CT molecular complexity index is 199. The van der Waals surface area contributed by atoms with Crippen LogP contribution in [0.25, 0.3) is 0 Å². The summed E-state index contributed by atoms with van der Waals surface area (Å²) in [6, 6.07) is 0. The van der Waals surface area contributed by atoms with Crippen molar-refractivity contribution in [3.05, 3.63) is 0 Å². The lowest BCUT2D eigenvalue weighted by molar-refractivity contribution is -0.220. The Hall–Kier alpha value is -0.610. The van der Waals surface area contributed by atoms with Gasteiger partial charge in [-0.05, 0) is 6.42 Å². The molecular weight excluding hydrogens is 170 g/mol. The van der Waals surface area contributed by atoms with Gasteiger partial charge < -0.3 is 14.7 Å². The Morgan fingerprint density at radius 2 is 2.08 bits per heavy atom. The van der Waals surface area contributed by atoms with E-state index in [1.54, 1.807) is 14.2 Å². The predicted octanol–water partition coefficient (Wildman–Crippen LogP) is 1.63. The van der Waals surface area contributed by atoms with Gasteiger partial charge in [0, 0.05) is 33.0 Å². The third-order valence-corrected chi connectivity index (χ3v) is 2.82. The maximum atomic E-state index is 8.68. The molecule has 1 aliphatic carbocycles. The van der Waals surface area contributed by atoms with Crippen LogP contribution in [0.2, 0.25) is 0 Å². The highest BCUT2D eigenvalue weighted by atomic mass is 16.7. The molecule has 1 fully saturated rings. The van der Waals surface area contributed by atoms with E-state index >= 15 is 0 Å². The van der Waals surface area contributed by atoms with Gasteiger partial charge in [0.15, 0.2) is 5.79 Å². The van der Waals surface area contributed by atoms with Crippen LogP contribution in [0.4, 0.5) is 0 Å². The third-order valence-electron chi connectivity index (χ3n) is 2.82. The minimum Gasteiger partial charge on any atom is -0.411 e. The van der Waals surface area contributed by atoms with E-state index in [1.165, 1.54) is 0 Å². The van der Waals surface area contributed by atoms with Gasteiger partial charge in [-0.2, -0.15) is 0 Å². The predicted molar refractivity (Wildman–Crippen MR) is 49.0 cm³/mol. The highest BCUT2D eigenvalue weighted by molar-refractivity contribution is 5.86. The van der Waals surface area contributed by atoms with Crippen molar-refractivity contribution in [1.82, 2.24) is 0 Å². The van der Waals surface area contributed by atoms with Gasteiger partial charge in [-0.1, -0.05) is 12.1 Å². The zero-order chi connectivity index (χ0) is 9.90. The molecule has 1 saturated carbocycles. The Morgan fingerprint density at radius 3 is 2.46 bits per heavy atom. The average molecular weight is 187 g/mol. The fourth-order valence-corrected chi connectivity index (χ4v) is 1.85. The van der Waals surface area contributed by atoms with E-state index in [4.69, 9.17) is 14.7 Å². The molecule has 1 atom stereocenters. The van der Waals surface area contributed by atoms with Crippen LogP contribution >= 0.6 is 0 Å². The van der Waals surface area contributed by atoms with Crippen molar-refractivity contribution >= 4 is 5.71 Å². The zero-order valence-corrected chi connectivity index (χ0v) is 8.41. The van der Waals surface area contributed by atoms with E-state index in [9.17, 15) is 0 Å². The second-order valence-electron chi connectivity index (χ2n) is 3.52. The van der Waals surface area contributed by atoms with Crippen molar-refractivity contribution in [1.29, 1.82) is 0 Å². The minimum atomic E-state index is -0.479. The molecule has 0 bridgehead atoms. The summed E-state index contributed by atoms with van der Waals surface area (Å²) < 4.78 is 10.7. The molecule has 1 aliphatic rings. The molecule has 0 amide bonds. The summed E-state index contributed by atoms with van der Waals surface area (Å²) >= 11 is 0. The highest BCUT2D eigenvalue weighted by Crippen LogP contribution is 2.33. The number of rotatable bonds is 2. The number of nitrogens with zero attached hydrogens (tertiary/aromatic N) is 1. The average Bonchev–Trinajstić information content (AvgIpc) is 2.17. The molecule has 1 N–H and O–H groups in total. The lowest BCUT2D eigenvalue weighted by atomic mass is 9.84. The first-order chi connectivity index (χ1) is 6.17. The standard InChI is InChI=1S/C9H17NO3/c1-7-6-9(12-2,13-3)5-4-8(7)10-11/h7,11H,4-6H2,1-3H3/b10-8+. The Kier molecular flexibility index (Phi) is 3.27. The second-order valence-corrected chi connectivity index (χ2v) is 3.52. The quantitative estimate of drug-likeness (QED) is 0.406. The van der Waals surface area contributed by atoms with Crippen LogP contribution in [0.15, 0.2) is 5.16 Å². The van der Waals surface area contributed by atoms with Crippen LogP contribution < -0.4 is 0 Å². The van der Waals surface area contributed by atoms with Gasteiger partial charge in [0.1, 0.15) is 0 Å². The fourth-order valence-electron chi connectivity index (χ4n) is 1.85. The normalized spacial score (nSPS) is 30.7. The summed E-state index contributed by atoms with van der Waals surface area (Å²) in [4.78, 5) is 0. The molecule has 4 heteroatoms. The van der Waals surface area contributed by atoms with Crippen LogP contribution in [0.3, 0.4) is 0 Å². The largest absolute Gasteiger partial charge is 0.411 e. The van der Waals surface area contributed by atoms with Gasteiger partial charge in [-0.3, -0.25) is 0 Å². The van der Waals surface area contributed by atoms with Crippen molar-refractivity contribution in [2.45, 2.75) is 32.0 Å². The lowest BCUT2D eigenvalue weighted by Crippen LogP contribution is -2.41. The molecule has 0 spiro atoms. The van der Waals surface area contributed by atoms with Crippen molar-refractivity contribution in [2.75, 3.05) is 14.2 Å². The van der Waals surface area contributed by atoms with Gasteiger partial charge in [0.05, 0.1) is 5.71 Å². The van der Waals surface area contributed by atoms with E-state index in [0.29, 0.717) is 0 Å². The van der Waals surface area contributed by atoms with E-state index < -0.39 is 5.79 Å².